The number of nitrogens with one attached hydrogen (secondary N) is 2. The molecule has 8 atom stereocenters. The van der Waals surface area contributed by atoms with Crippen molar-refractivity contribution >= 4 is 64.0 Å². The summed E-state index contributed by atoms with van der Waals surface area (Å²) in [6.07, 6.45) is -5.77. The molecule has 1 aliphatic heterocycles. The van der Waals surface area contributed by atoms with E-state index in [1.807, 2.05) is 0 Å². The molecule has 54 heavy (non-hydrogen) atoms. The molecular formula is C26H42N7O17P3S-4. The van der Waals surface area contributed by atoms with Gasteiger partial charge in [-0.25, -0.2) is 19.3 Å². The van der Waals surface area contributed by atoms with E-state index >= 15 is 0 Å². The summed E-state index contributed by atoms with van der Waals surface area (Å²) in [5, 5.41) is 35.7. The molecule has 28 heteroatoms. The van der Waals surface area contributed by atoms with Crippen LogP contribution in [0.1, 0.15) is 40.5 Å². The van der Waals surface area contributed by atoms with Crippen LogP contribution < -0.4 is 35.9 Å². The van der Waals surface area contributed by atoms with Crippen molar-refractivity contribution in [3.05, 3.63) is 12.7 Å². The standard InChI is InChI=1S/C26H46N7O17P3S/c1-15(34)6-9-54-10-8-28-17(35)5-7-29-24(38)21(37)25(2,3)12-47-53(44,45)50-52(42,43)46-11-16-19(49-51(39,40)41)20(36)26(4,48-16)33-14-32-18-22(27)30-13-31-23(18)33/h13-16,19-21,34,36-37H,5-12H2,1-4H3,(H,28,35)(H,29,38)(H,42,43)(H,44,45)(H2,27,30,31)(H2,39,40,41)/p-4. The number of aliphatic hydroxyl groups is 3. The Morgan fingerprint density at radius 3 is 2.41 bits per heavy atom. The van der Waals surface area contributed by atoms with E-state index in [-0.39, 0.29) is 35.9 Å². The molecule has 2 aromatic rings. The lowest BCUT2D eigenvalue weighted by atomic mass is 9.87. The summed E-state index contributed by atoms with van der Waals surface area (Å²) >= 11 is 1.54. The number of nitrogens with two attached hydrogens (primary N) is 1. The molecule has 2 aromatic heterocycles. The number of hydrogen-bond donors (Lipinski definition) is 6. The average Bonchev–Trinajstić information content (AvgIpc) is 3.60. The molecule has 3 heterocycles. The number of phosphoric acid groups is 3. The molecule has 0 aromatic carbocycles. The Balaban J connectivity index is 1.54. The zero-order chi connectivity index (χ0) is 40.7. The van der Waals surface area contributed by atoms with Gasteiger partial charge in [0.25, 0.3) is 15.6 Å². The summed E-state index contributed by atoms with van der Waals surface area (Å²) in [6, 6.07) is 0. The van der Waals surface area contributed by atoms with Crippen molar-refractivity contribution in [2.45, 2.75) is 76.8 Å². The van der Waals surface area contributed by atoms with Gasteiger partial charge in [-0.15, -0.1) is 0 Å². The molecule has 24 nitrogen and oxygen atoms in total. The fourth-order valence-electron chi connectivity index (χ4n) is 4.85. The number of carbonyl (C=O) groups is 2. The predicted octanol–water partition coefficient (Wildman–Crippen LogP) is -3.44. The molecule has 0 saturated carbocycles. The number of aromatic nitrogens is 4. The molecule has 1 fully saturated rings. The minimum atomic E-state index is -5.92. The topological polar surface area (TPSA) is 378 Å². The van der Waals surface area contributed by atoms with E-state index in [0.717, 1.165) is 23.0 Å². The first-order valence-electron chi connectivity index (χ1n) is 16.0. The molecule has 308 valence electrons. The van der Waals surface area contributed by atoms with Crippen molar-refractivity contribution in [1.82, 2.24) is 30.2 Å². The molecule has 0 aliphatic carbocycles. The number of rotatable bonds is 22. The van der Waals surface area contributed by atoms with Gasteiger partial charge in [0, 0.05) is 30.7 Å². The number of nitrogens with zero attached hydrogens (tertiary/aromatic N) is 4. The highest BCUT2D eigenvalue weighted by molar-refractivity contribution is 7.99. The summed E-state index contributed by atoms with van der Waals surface area (Å²) in [5.41, 5.74) is 2.06. The minimum absolute atomic E-state index is 0.0287. The SMILES string of the molecule is CC(O)CCSCCNC(=O)CCNC(=O)C(O)C(C)(C)COP(=O)([O-])OP(=O)([O-])OCC1OC(C)(n2cnc3c(N)ncnc32)C(O)C1OP(=O)([O-])[O-]. The third-order valence-corrected chi connectivity index (χ3v) is 11.8. The first-order valence-corrected chi connectivity index (χ1v) is 21.5. The van der Waals surface area contributed by atoms with Crippen molar-refractivity contribution in [2.75, 3.05) is 43.5 Å². The predicted molar refractivity (Wildman–Crippen MR) is 179 cm³/mol. The van der Waals surface area contributed by atoms with Crippen molar-refractivity contribution in [1.29, 1.82) is 0 Å². The molecule has 7 N–H and O–H groups in total. The fourth-order valence-corrected chi connectivity index (χ4v) is 8.53. The lowest BCUT2D eigenvalue weighted by molar-refractivity contribution is -0.347. The van der Waals surface area contributed by atoms with Gasteiger partial charge in [0.1, 0.15) is 36.3 Å². The van der Waals surface area contributed by atoms with E-state index in [2.05, 4.69) is 43.5 Å². The van der Waals surface area contributed by atoms with Crippen LogP contribution in [0.5, 0.6) is 0 Å². The summed E-state index contributed by atoms with van der Waals surface area (Å²) in [4.78, 5) is 84.2. The smallest absolute Gasteiger partial charge is 0.274 e. The average molecular weight is 850 g/mol. The Bertz CT molecular complexity index is 1750. The number of anilines is 1. The third-order valence-electron chi connectivity index (χ3n) is 7.79. The molecule has 3 rings (SSSR count). The van der Waals surface area contributed by atoms with Crippen LogP contribution in [0.3, 0.4) is 0 Å². The molecule has 0 spiro atoms. The van der Waals surface area contributed by atoms with Crippen LogP contribution in [0.25, 0.3) is 11.2 Å². The second kappa shape index (κ2) is 18.9. The fraction of sp³-hybridized carbons (Fsp3) is 0.731. The van der Waals surface area contributed by atoms with Gasteiger partial charge < -0.3 is 74.1 Å². The Hall–Kier alpha value is -2.15. The highest BCUT2D eigenvalue weighted by atomic mass is 32.2. The highest BCUT2D eigenvalue weighted by Crippen LogP contribution is 2.56. The molecular weight excluding hydrogens is 807 g/mol. The zero-order valence-corrected chi connectivity index (χ0v) is 32.9. The van der Waals surface area contributed by atoms with Crippen LogP contribution in [0.15, 0.2) is 12.7 Å². The van der Waals surface area contributed by atoms with E-state index < -0.39 is 84.2 Å². The Kier molecular flexibility index (Phi) is 16.1. The van der Waals surface area contributed by atoms with Crippen molar-refractivity contribution in [3.8, 4) is 0 Å². The number of amides is 2. The van der Waals surface area contributed by atoms with Crippen LogP contribution in [-0.4, -0.2) is 115 Å². The lowest BCUT2D eigenvalue weighted by Crippen LogP contribution is -2.46. The second-order valence-electron chi connectivity index (χ2n) is 12.8. The summed E-state index contributed by atoms with van der Waals surface area (Å²) in [7, 11) is -17.6. The largest absolute Gasteiger partial charge is 0.790 e. The number of imidazole rings is 1. The number of phosphoric ester groups is 3. The molecule has 0 bridgehead atoms. The van der Waals surface area contributed by atoms with Gasteiger partial charge in [0.2, 0.25) is 11.8 Å². The monoisotopic (exact) mass is 849 g/mol. The maximum atomic E-state index is 12.5. The number of nitrogen functional groups attached to an aromatic ring is 1. The molecule has 1 aliphatic rings. The maximum absolute atomic E-state index is 12.5. The van der Waals surface area contributed by atoms with E-state index in [9.17, 15) is 58.2 Å². The number of ether oxygens (including phenoxy) is 1. The summed E-state index contributed by atoms with van der Waals surface area (Å²) < 4.78 is 61.0. The second-order valence-corrected chi connectivity index (χ2v) is 18.1. The van der Waals surface area contributed by atoms with Gasteiger partial charge in [-0.05, 0) is 26.0 Å². The number of aliphatic hydroxyl groups excluding tert-OH is 3. The number of thioether (sulfide) groups is 1. The van der Waals surface area contributed by atoms with Crippen molar-refractivity contribution in [2.24, 2.45) is 5.41 Å². The Morgan fingerprint density at radius 1 is 1.09 bits per heavy atom. The summed E-state index contributed by atoms with van der Waals surface area (Å²) in [5.74, 6) is -0.123. The number of carbonyl (C=O) groups excluding carboxylic acids is 2. The molecule has 8 unspecified atom stereocenters. The van der Waals surface area contributed by atoms with E-state index in [4.69, 9.17) is 10.5 Å². The highest BCUT2D eigenvalue weighted by Gasteiger charge is 2.55. The van der Waals surface area contributed by atoms with Crippen LogP contribution in [0.4, 0.5) is 5.82 Å². The molecule has 1 saturated heterocycles. The first-order chi connectivity index (χ1) is 24.9. The normalized spacial score (nSPS) is 24.1. The van der Waals surface area contributed by atoms with Gasteiger partial charge in [0.15, 0.2) is 17.2 Å². The van der Waals surface area contributed by atoms with Crippen molar-refractivity contribution < 1.29 is 80.8 Å². The van der Waals surface area contributed by atoms with Gasteiger partial charge in [-0.1, -0.05) is 13.8 Å². The van der Waals surface area contributed by atoms with Gasteiger partial charge in [-0.2, -0.15) is 11.8 Å². The Labute approximate surface area is 313 Å². The Morgan fingerprint density at radius 2 is 1.76 bits per heavy atom. The molecule has 2 amide bonds. The summed E-state index contributed by atoms with van der Waals surface area (Å²) in [6.45, 7) is 3.19. The number of hydrogen-bond acceptors (Lipinski definition) is 22. The van der Waals surface area contributed by atoms with Crippen LogP contribution in [0, 0.1) is 5.41 Å². The van der Waals surface area contributed by atoms with Gasteiger partial charge >= 0.3 is 0 Å². The van der Waals surface area contributed by atoms with Crippen molar-refractivity contribution in [3.63, 3.8) is 0 Å². The van der Waals surface area contributed by atoms with E-state index in [1.165, 1.54) is 20.8 Å². The zero-order valence-electron chi connectivity index (χ0n) is 29.4. The lowest BCUT2D eigenvalue weighted by Gasteiger charge is -2.36. The van der Waals surface area contributed by atoms with Crippen LogP contribution in [-0.2, 0) is 51.6 Å². The first kappa shape index (κ1) is 46.2. The third kappa shape index (κ3) is 13.2. The van der Waals surface area contributed by atoms with E-state index in [1.54, 1.807) is 18.7 Å². The molecule has 0 radical (unpaired) electrons. The van der Waals surface area contributed by atoms with Crippen LogP contribution >= 0.6 is 35.2 Å². The number of fused-ring (bicyclic) bond motifs is 1. The van der Waals surface area contributed by atoms with Gasteiger partial charge in [-0.3, -0.25) is 23.3 Å². The quantitative estimate of drug-likeness (QED) is 0.0495. The maximum Gasteiger partial charge on any atom is 0.274 e. The minimum Gasteiger partial charge on any atom is -0.790 e. The van der Waals surface area contributed by atoms with Crippen LogP contribution in [0.2, 0.25) is 0 Å². The van der Waals surface area contributed by atoms with Gasteiger partial charge in [0.05, 0.1) is 33.5 Å². The van der Waals surface area contributed by atoms with E-state index in [0.29, 0.717) is 18.7 Å².